The van der Waals surface area contributed by atoms with Gasteiger partial charge in [0.15, 0.2) is 0 Å². The molecule has 0 aromatic carbocycles. The van der Waals surface area contributed by atoms with Crippen LogP contribution in [0, 0.1) is 12.8 Å². The van der Waals surface area contributed by atoms with Crippen molar-refractivity contribution in [1.82, 2.24) is 15.1 Å². The van der Waals surface area contributed by atoms with Gasteiger partial charge >= 0.3 is 11.8 Å². The molecule has 3 amide bonds. The molecule has 1 aromatic rings. The first-order valence-electron chi connectivity index (χ1n) is 9.25. The lowest BCUT2D eigenvalue weighted by atomic mass is 10.00. The fourth-order valence-electron chi connectivity index (χ4n) is 3.42. The standard InChI is InChI=1S/C18H24N6O3/c1-4-13-11(3)19-18(22-15(13)25)24-14(9-10(2)23-24)21-17(27)16(26)20-12-7-5-6-8-12/h9,12-13H,4-8H2,1-3H3,(H,20,26)(H,21,27). The Bertz CT molecular complexity index is 832. The van der Waals surface area contributed by atoms with E-state index in [1.807, 2.05) is 6.92 Å². The molecule has 9 heteroatoms. The van der Waals surface area contributed by atoms with Gasteiger partial charge < -0.3 is 10.6 Å². The minimum Gasteiger partial charge on any atom is -0.345 e. The maximum absolute atomic E-state index is 12.3. The molecule has 1 aliphatic carbocycles. The van der Waals surface area contributed by atoms with E-state index in [1.54, 1.807) is 19.9 Å². The molecule has 27 heavy (non-hydrogen) atoms. The van der Waals surface area contributed by atoms with Crippen molar-refractivity contribution in [3.8, 4) is 0 Å². The average Bonchev–Trinajstić information content (AvgIpc) is 3.24. The summed E-state index contributed by atoms with van der Waals surface area (Å²) in [5.41, 5.74) is 1.25. The van der Waals surface area contributed by atoms with Gasteiger partial charge in [-0.2, -0.15) is 14.8 Å². The van der Waals surface area contributed by atoms with E-state index in [2.05, 4.69) is 25.7 Å². The molecule has 1 unspecified atom stereocenters. The predicted molar refractivity (Wildman–Crippen MR) is 101 cm³/mol. The first-order valence-corrected chi connectivity index (χ1v) is 9.25. The van der Waals surface area contributed by atoms with Crippen molar-refractivity contribution < 1.29 is 14.4 Å². The molecule has 0 bridgehead atoms. The lowest BCUT2D eigenvalue weighted by Gasteiger charge is -2.17. The second kappa shape index (κ2) is 7.81. The Kier molecular flexibility index (Phi) is 5.48. The topological polar surface area (TPSA) is 118 Å². The molecule has 1 atom stereocenters. The molecule has 144 valence electrons. The lowest BCUT2D eigenvalue weighted by Crippen LogP contribution is -2.41. The number of amides is 3. The van der Waals surface area contributed by atoms with Gasteiger partial charge in [-0.25, -0.2) is 4.99 Å². The van der Waals surface area contributed by atoms with Crippen molar-refractivity contribution in [3.05, 3.63) is 11.8 Å². The summed E-state index contributed by atoms with van der Waals surface area (Å²) in [6.45, 7) is 5.40. The van der Waals surface area contributed by atoms with Crippen LogP contribution in [0.1, 0.15) is 51.6 Å². The van der Waals surface area contributed by atoms with Crippen molar-refractivity contribution in [1.29, 1.82) is 0 Å². The van der Waals surface area contributed by atoms with Crippen LogP contribution in [0.3, 0.4) is 0 Å². The highest BCUT2D eigenvalue weighted by Crippen LogP contribution is 2.19. The number of hydrogen-bond acceptors (Lipinski definition) is 5. The van der Waals surface area contributed by atoms with E-state index in [-0.39, 0.29) is 29.6 Å². The molecule has 0 saturated heterocycles. The normalized spacial score (nSPS) is 20.3. The molecule has 3 rings (SSSR count). The van der Waals surface area contributed by atoms with E-state index in [0.717, 1.165) is 25.7 Å². The highest BCUT2D eigenvalue weighted by atomic mass is 16.2. The molecule has 2 aliphatic rings. The Balaban J connectivity index is 1.77. The maximum atomic E-state index is 12.3. The quantitative estimate of drug-likeness (QED) is 0.780. The summed E-state index contributed by atoms with van der Waals surface area (Å²) in [5, 5.41) is 9.53. The van der Waals surface area contributed by atoms with Crippen LogP contribution < -0.4 is 10.6 Å². The molecule has 1 aromatic heterocycles. The zero-order valence-corrected chi connectivity index (χ0v) is 15.8. The van der Waals surface area contributed by atoms with Crippen LogP contribution in [0.4, 0.5) is 5.82 Å². The number of aromatic nitrogens is 2. The van der Waals surface area contributed by atoms with Crippen molar-refractivity contribution >= 4 is 35.2 Å². The number of carbonyl (C=O) groups is 3. The van der Waals surface area contributed by atoms with Crippen LogP contribution >= 0.6 is 0 Å². The lowest BCUT2D eigenvalue weighted by molar-refractivity contribution is -0.136. The van der Waals surface area contributed by atoms with Gasteiger partial charge in [-0.3, -0.25) is 14.4 Å². The zero-order valence-electron chi connectivity index (χ0n) is 15.8. The van der Waals surface area contributed by atoms with Gasteiger partial charge in [0.25, 0.3) is 11.9 Å². The molecule has 0 radical (unpaired) electrons. The number of nitrogens with zero attached hydrogens (tertiary/aromatic N) is 4. The van der Waals surface area contributed by atoms with E-state index < -0.39 is 11.8 Å². The number of aliphatic imine (C=N–C) groups is 2. The number of carbonyl (C=O) groups excluding carboxylic acids is 3. The van der Waals surface area contributed by atoms with Crippen LogP contribution in [0.2, 0.25) is 0 Å². The Morgan fingerprint density at radius 1 is 1.19 bits per heavy atom. The molecule has 0 spiro atoms. The molecular formula is C18H24N6O3. The smallest absolute Gasteiger partial charge is 0.314 e. The summed E-state index contributed by atoms with van der Waals surface area (Å²) >= 11 is 0. The van der Waals surface area contributed by atoms with Crippen LogP contribution in [0.15, 0.2) is 16.1 Å². The van der Waals surface area contributed by atoms with Crippen LogP contribution in [0.25, 0.3) is 0 Å². The van der Waals surface area contributed by atoms with Crippen molar-refractivity contribution in [2.75, 3.05) is 5.32 Å². The van der Waals surface area contributed by atoms with Crippen LogP contribution in [0.5, 0.6) is 0 Å². The predicted octanol–water partition coefficient (Wildman–Crippen LogP) is 1.42. The first kappa shape index (κ1) is 18.9. The fourth-order valence-corrected chi connectivity index (χ4v) is 3.42. The maximum Gasteiger partial charge on any atom is 0.314 e. The Hall–Kier alpha value is -2.84. The Labute approximate surface area is 157 Å². The summed E-state index contributed by atoms with van der Waals surface area (Å²) in [7, 11) is 0. The second-order valence-corrected chi connectivity index (χ2v) is 6.96. The minimum atomic E-state index is -0.780. The molecule has 1 aliphatic heterocycles. The van der Waals surface area contributed by atoms with Crippen molar-refractivity contribution in [3.63, 3.8) is 0 Å². The van der Waals surface area contributed by atoms with Gasteiger partial charge in [-0.1, -0.05) is 19.8 Å². The molecule has 1 fully saturated rings. The number of nitrogens with one attached hydrogen (secondary N) is 2. The third-order valence-corrected chi connectivity index (χ3v) is 4.86. The summed E-state index contributed by atoms with van der Waals surface area (Å²) in [6, 6.07) is 1.65. The Morgan fingerprint density at radius 3 is 2.52 bits per heavy atom. The van der Waals surface area contributed by atoms with E-state index in [9.17, 15) is 14.4 Å². The van der Waals surface area contributed by atoms with Gasteiger partial charge in [-0.05, 0) is 33.1 Å². The van der Waals surface area contributed by atoms with Gasteiger partial charge in [0, 0.05) is 17.8 Å². The highest BCUT2D eigenvalue weighted by Gasteiger charge is 2.27. The molecule has 2 heterocycles. The Morgan fingerprint density at radius 2 is 1.89 bits per heavy atom. The van der Waals surface area contributed by atoms with E-state index >= 15 is 0 Å². The monoisotopic (exact) mass is 372 g/mol. The number of rotatable bonds is 3. The third kappa shape index (κ3) is 4.12. The van der Waals surface area contributed by atoms with Gasteiger partial charge in [0.1, 0.15) is 5.82 Å². The molecule has 2 N–H and O–H groups in total. The zero-order chi connectivity index (χ0) is 19.6. The van der Waals surface area contributed by atoms with Crippen molar-refractivity contribution in [2.24, 2.45) is 15.9 Å². The fraction of sp³-hybridized carbons (Fsp3) is 0.556. The van der Waals surface area contributed by atoms with Gasteiger partial charge in [0.05, 0.1) is 11.6 Å². The van der Waals surface area contributed by atoms with E-state index in [1.165, 1.54) is 4.68 Å². The molecule has 1 saturated carbocycles. The van der Waals surface area contributed by atoms with E-state index in [0.29, 0.717) is 17.8 Å². The highest BCUT2D eigenvalue weighted by molar-refractivity contribution is 6.39. The number of hydrogen-bond donors (Lipinski definition) is 2. The largest absolute Gasteiger partial charge is 0.345 e. The SMILES string of the molecule is CCC1C(=O)N=C(n2nc(C)cc2NC(=O)C(=O)NC2CCCC2)N=C1C. The summed E-state index contributed by atoms with van der Waals surface area (Å²) < 4.78 is 1.28. The van der Waals surface area contributed by atoms with Crippen molar-refractivity contribution in [2.45, 2.75) is 58.9 Å². The molecule has 9 nitrogen and oxygen atoms in total. The minimum absolute atomic E-state index is 0.0495. The van der Waals surface area contributed by atoms with Crippen LogP contribution in [-0.2, 0) is 14.4 Å². The van der Waals surface area contributed by atoms with Gasteiger partial charge in [-0.15, -0.1) is 0 Å². The third-order valence-electron chi connectivity index (χ3n) is 4.86. The average molecular weight is 372 g/mol. The molecular weight excluding hydrogens is 348 g/mol. The summed E-state index contributed by atoms with van der Waals surface area (Å²) in [5.74, 6) is -1.75. The summed E-state index contributed by atoms with van der Waals surface area (Å²) in [4.78, 5) is 44.9. The van der Waals surface area contributed by atoms with Gasteiger partial charge in [0.2, 0.25) is 0 Å². The first-order chi connectivity index (χ1) is 12.9. The summed E-state index contributed by atoms with van der Waals surface area (Å²) in [6.07, 6.45) is 4.52. The number of anilines is 1. The number of aryl methyl sites for hydroxylation is 1. The van der Waals surface area contributed by atoms with Crippen LogP contribution in [-0.4, -0.2) is 45.2 Å². The van der Waals surface area contributed by atoms with E-state index in [4.69, 9.17) is 0 Å². The second-order valence-electron chi connectivity index (χ2n) is 6.96.